The van der Waals surface area contributed by atoms with Gasteiger partial charge in [0.05, 0.1) is 5.69 Å². The number of ether oxygens (including phenoxy) is 1. The number of nitrogens with two attached hydrogens (primary N) is 1. The maximum absolute atomic E-state index is 9.80. The summed E-state index contributed by atoms with van der Waals surface area (Å²) in [6, 6.07) is 2.10. The quantitative estimate of drug-likeness (QED) is 0.192. The third kappa shape index (κ3) is 5.01. The molecule has 11 nitrogen and oxygen atoms in total. The van der Waals surface area contributed by atoms with Gasteiger partial charge >= 0.3 is 5.97 Å². The van der Waals surface area contributed by atoms with Gasteiger partial charge in [-0.3, -0.25) is 0 Å². The molecular weight excluding hydrogens is 352 g/mol. The van der Waals surface area contributed by atoms with E-state index in [1.54, 1.807) is 5.32 Å². The van der Waals surface area contributed by atoms with E-state index >= 15 is 0 Å². The van der Waals surface area contributed by atoms with Crippen molar-refractivity contribution in [3.8, 4) is 5.75 Å². The van der Waals surface area contributed by atoms with E-state index in [1.165, 1.54) is 13.8 Å². The van der Waals surface area contributed by atoms with Crippen LogP contribution in [0, 0.1) is 0 Å². The summed E-state index contributed by atoms with van der Waals surface area (Å²) in [5, 5.41) is 79.6. The Morgan fingerprint density at radius 1 is 1.04 bits per heavy atom. The Morgan fingerprint density at radius 2 is 1.54 bits per heavy atom. The molecule has 0 aliphatic carbocycles. The fourth-order valence-corrected chi connectivity index (χ4v) is 3.00. The van der Waals surface area contributed by atoms with Crippen LogP contribution in [0.15, 0.2) is 12.1 Å². The van der Waals surface area contributed by atoms with Crippen LogP contribution in [-0.2, 0) is 5.97 Å². The first-order valence-electron chi connectivity index (χ1n) is 7.70. The van der Waals surface area contributed by atoms with Crippen molar-refractivity contribution in [2.24, 2.45) is 0 Å². The van der Waals surface area contributed by atoms with Crippen molar-refractivity contribution in [2.45, 2.75) is 56.2 Å². The van der Waals surface area contributed by atoms with Crippen LogP contribution in [-0.4, -0.2) is 58.5 Å². The summed E-state index contributed by atoms with van der Waals surface area (Å²) in [7, 11) is 0. The molecule has 1 saturated heterocycles. The predicted molar refractivity (Wildman–Crippen MR) is 85.6 cm³/mol. The zero-order valence-corrected chi connectivity index (χ0v) is 14.2. The number of hydrogen-bond donors (Lipinski definition) is 10. The molecule has 1 aromatic carbocycles. The minimum absolute atomic E-state index is 0.0954. The van der Waals surface area contributed by atoms with Gasteiger partial charge in [0.15, 0.2) is 0 Å². The van der Waals surface area contributed by atoms with Crippen LogP contribution in [0.25, 0.3) is 0 Å². The Balaban J connectivity index is 2.58. The zero-order valence-electron chi connectivity index (χ0n) is 14.2. The van der Waals surface area contributed by atoms with E-state index in [1.807, 2.05) is 0 Å². The van der Waals surface area contributed by atoms with Gasteiger partial charge in [-0.2, -0.15) is 0 Å². The predicted octanol–water partition coefficient (Wildman–Crippen LogP) is -2.79. The lowest BCUT2D eigenvalue weighted by Crippen LogP contribution is -2.63. The van der Waals surface area contributed by atoms with E-state index in [9.17, 15) is 40.9 Å². The lowest BCUT2D eigenvalue weighted by molar-refractivity contribution is -0.327. The molecule has 2 rings (SSSR count). The summed E-state index contributed by atoms with van der Waals surface area (Å²) in [6.45, 7) is 2.63. The van der Waals surface area contributed by atoms with Crippen molar-refractivity contribution in [1.29, 1.82) is 0 Å². The maximum atomic E-state index is 9.80. The smallest absolute Gasteiger partial charge is 0.304 e. The molecule has 0 saturated carbocycles. The summed E-state index contributed by atoms with van der Waals surface area (Å²) in [5.74, 6) is -11.5. The molecule has 1 aliphatic rings. The second-order valence-electron chi connectivity index (χ2n) is 7.02. The molecule has 0 amide bonds. The Bertz CT molecular complexity index is 661. The van der Waals surface area contributed by atoms with E-state index in [2.05, 4.69) is 0 Å². The van der Waals surface area contributed by atoms with Crippen LogP contribution in [0.1, 0.15) is 43.7 Å². The molecule has 11 heteroatoms. The first kappa shape index (κ1) is 20.8. The van der Waals surface area contributed by atoms with Crippen LogP contribution >= 0.6 is 0 Å². The van der Waals surface area contributed by atoms with E-state index in [0.717, 1.165) is 12.1 Å². The minimum atomic E-state index is -3.34. The van der Waals surface area contributed by atoms with E-state index in [-0.39, 0.29) is 17.0 Å². The largest absolute Gasteiger partial charge is 0.461 e. The Morgan fingerprint density at radius 3 is 1.96 bits per heavy atom. The molecule has 0 spiro atoms. The maximum Gasteiger partial charge on any atom is 0.304 e. The third-order valence-corrected chi connectivity index (χ3v) is 3.81. The van der Waals surface area contributed by atoms with E-state index in [4.69, 9.17) is 10.5 Å². The van der Waals surface area contributed by atoms with Crippen LogP contribution in [0.2, 0.25) is 0 Å². The number of aliphatic hydroxyl groups is 8. The molecule has 1 aliphatic heterocycles. The van der Waals surface area contributed by atoms with Gasteiger partial charge in [0.2, 0.25) is 17.6 Å². The molecular formula is C15H24N2O9. The second-order valence-corrected chi connectivity index (χ2v) is 7.02. The van der Waals surface area contributed by atoms with Crippen LogP contribution in [0.4, 0.5) is 5.69 Å². The van der Waals surface area contributed by atoms with Crippen molar-refractivity contribution in [1.82, 2.24) is 5.32 Å². The fourth-order valence-electron chi connectivity index (χ4n) is 3.00. The molecule has 1 heterocycles. The standard InChI is InChI=1S/C15H24N2O9/c1-12(2,18)26-11-3-8(9(4-10(11)16)15(23,24)25)7-5-13(19,20)17-14(21,22)6-7/h3-4,7,17-25H,5-6,16H2,1-2H3. The van der Waals surface area contributed by atoms with Gasteiger partial charge in [-0.15, -0.1) is 0 Å². The van der Waals surface area contributed by atoms with Crippen molar-refractivity contribution in [3.05, 3.63) is 23.3 Å². The van der Waals surface area contributed by atoms with Gasteiger partial charge in [0, 0.05) is 32.3 Å². The van der Waals surface area contributed by atoms with Gasteiger partial charge in [-0.05, 0) is 23.6 Å². The van der Waals surface area contributed by atoms with Crippen LogP contribution < -0.4 is 15.8 Å². The average molecular weight is 376 g/mol. The molecule has 0 unspecified atom stereocenters. The number of nitrogen functional groups attached to an aromatic ring is 1. The van der Waals surface area contributed by atoms with Crippen molar-refractivity contribution in [3.63, 3.8) is 0 Å². The topological polar surface area (TPSA) is 209 Å². The summed E-state index contributed by atoms with van der Waals surface area (Å²) < 4.78 is 5.26. The highest BCUT2D eigenvalue weighted by molar-refractivity contribution is 5.58. The Hall–Kier alpha value is -1.54. The number of rotatable bonds is 4. The highest BCUT2D eigenvalue weighted by Crippen LogP contribution is 2.42. The molecule has 148 valence electrons. The lowest BCUT2D eigenvalue weighted by atomic mass is 9.82. The lowest BCUT2D eigenvalue weighted by Gasteiger charge is -2.42. The van der Waals surface area contributed by atoms with Crippen LogP contribution in [0.3, 0.4) is 0 Å². The summed E-state index contributed by atoms with van der Waals surface area (Å²) in [4.78, 5) is 0. The molecule has 0 bridgehead atoms. The number of benzene rings is 1. The zero-order chi connectivity index (χ0) is 20.1. The van der Waals surface area contributed by atoms with Crippen molar-refractivity contribution >= 4 is 5.69 Å². The molecule has 0 aromatic heterocycles. The summed E-state index contributed by atoms with van der Waals surface area (Å²) >= 11 is 0. The first-order chi connectivity index (χ1) is 11.5. The van der Waals surface area contributed by atoms with E-state index < -0.39 is 47.9 Å². The Labute approximate surface area is 148 Å². The van der Waals surface area contributed by atoms with Gasteiger partial charge < -0.3 is 51.3 Å². The SMILES string of the molecule is CC(C)(O)Oc1cc(C2CC(O)(O)NC(O)(O)C2)c(C(O)(O)O)cc1N. The molecule has 1 aromatic rings. The molecule has 0 radical (unpaired) electrons. The third-order valence-electron chi connectivity index (χ3n) is 3.81. The molecule has 26 heavy (non-hydrogen) atoms. The Kier molecular flexibility index (Phi) is 5.00. The van der Waals surface area contributed by atoms with Crippen molar-refractivity contribution in [2.75, 3.05) is 5.73 Å². The fraction of sp³-hybridized carbons (Fsp3) is 0.600. The van der Waals surface area contributed by atoms with Gasteiger partial charge in [-0.25, -0.2) is 5.32 Å². The molecule has 11 N–H and O–H groups in total. The monoisotopic (exact) mass is 376 g/mol. The molecule has 1 fully saturated rings. The van der Waals surface area contributed by atoms with Crippen LogP contribution in [0.5, 0.6) is 5.75 Å². The highest BCUT2D eigenvalue weighted by atomic mass is 16.7. The van der Waals surface area contributed by atoms with Crippen molar-refractivity contribution < 1.29 is 45.6 Å². The number of anilines is 1. The summed E-state index contributed by atoms with van der Waals surface area (Å²) in [5.41, 5.74) is 4.98. The minimum Gasteiger partial charge on any atom is -0.461 e. The average Bonchev–Trinajstić information content (AvgIpc) is 2.34. The summed E-state index contributed by atoms with van der Waals surface area (Å²) in [6.07, 6.45) is -0.990. The van der Waals surface area contributed by atoms with Gasteiger partial charge in [0.25, 0.3) is 0 Å². The second kappa shape index (κ2) is 6.27. The highest BCUT2D eigenvalue weighted by Gasteiger charge is 2.46. The van der Waals surface area contributed by atoms with E-state index in [0.29, 0.717) is 0 Å². The number of piperidine rings is 1. The first-order valence-corrected chi connectivity index (χ1v) is 7.70. The molecule has 0 atom stereocenters. The number of hydrogen-bond acceptors (Lipinski definition) is 11. The van der Waals surface area contributed by atoms with Gasteiger partial charge in [0.1, 0.15) is 5.75 Å². The van der Waals surface area contributed by atoms with Gasteiger partial charge in [-0.1, -0.05) is 0 Å². The normalized spacial score (nSPS) is 20.8. The number of nitrogens with one attached hydrogen (secondary N) is 1.